The Morgan fingerprint density at radius 2 is 1.91 bits per heavy atom. The van der Waals surface area contributed by atoms with Crippen LogP contribution in [0.25, 0.3) is 44.6 Å². The molecule has 1 aliphatic rings. The fraction of sp³-hybridized carbons (Fsp3) is 0.174. The molecular weight excluding hydrogens is 428 g/mol. The highest BCUT2D eigenvalue weighted by molar-refractivity contribution is 6.29. The molecule has 32 heavy (non-hydrogen) atoms. The molecule has 8 nitrogen and oxygen atoms in total. The Morgan fingerprint density at radius 3 is 2.72 bits per heavy atom. The standard InChI is InChI=1S/C23H17ClN6O2/c1-32-19-7-16(11-2-3-11)26-9-14(19)21-12-6-13(23(31)30-15(12)4-5-25-21)22-28-17-8-20(24)27-10-18(17)29-22/h4-11H,2-3H2,1H3,(H,28,29)(H,30,31). The molecule has 2 N–H and O–H groups in total. The van der Waals surface area contributed by atoms with Crippen molar-refractivity contribution in [1.82, 2.24) is 29.9 Å². The van der Waals surface area contributed by atoms with Gasteiger partial charge in [-0.15, -0.1) is 0 Å². The van der Waals surface area contributed by atoms with Gasteiger partial charge in [-0.2, -0.15) is 0 Å². The number of nitrogens with zero attached hydrogens (tertiary/aromatic N) is 4. The molecule has 0 saturated heterocycles. The average Bonchev–Trinajstić information content (AvgIpc) is 3.57. The smallest absolute Gasteiger partial charge is 0.259 e. The molecule has 0 aliphatic heterocycles. The monoisotopic (exact) mass is 444 g/mol. The Morgan fingerprint density at radius 1 is 1.03 bits per heavy atom. The van der Waals surface area contributed by atoms with Crippen LogP contribution in [-0.2, 0) is 0 Å². The van der Waals surface area contributed by atoms with Gasteiger partial charge < -0.3 is 14.7 Å². The largest absolute Gasteiger partial charge is 0.496 e. The summed E-state index contributed by atoms with van der Waals surface area (Å²) < 4.78 is 5.67. The molecule has 0 spiro atoms. The topological polar surface area (TPSA) is 109 Å². The molecule has 1 saturated carbocycles. The summed E-state index contributed by atoms with van der Waals surface area (Å²) in [6.45, 7) is 0. The van der Waals surface area contributed by atoms with Crippen LogP contribution in [0.15, 0.2) is 47.7 Å². The number of nitrogens with one attached hydrogen (secondary N) is 2. The summed E-state index contributed by atoms with van der Waals surface area (Å²) in [4.78, 5) is 36.8. The third kappa shape index (κ3) is 3.11. The minimum Gasteiger partial charge on any atom is -0.496 e. The number of ether oxygens (including phenoxy) is 1. The van der Waals surface area contributed by atoms with Crippen LogP contribution in [0.5, 0.6) is 5.75 Å². The van der Waals surface area contributed by atoms with Crippen molar-refractivity contribution in [1.29, 1.82) is 0 Å². The SMILES string of the molecule is COc1cc(C2CC2)ncc1-c1nccc2[nH]c(=O)c(-c3nc4cc(Cl)ncc4[nH]3)cc12. The van der Waals surface area contributed by atoms with Crippen molar-refractivity contribution in [2.24, 2.45) is 0 Å². The van der Waals surface area contributed by atoms with E-state index >= 15 is 0 Å². The molecule has 1 aliphatic carbocycles. The number of rotatable bonds is 4. The summed E-state index contributed by atoms with van der Waals surface area (Å²) >= 11 is 5.98. The van der Waals surface area contributed by atoms with Gasteiger partial charge in [-0.05, 0) is 25.0 Å². The first-order valence-corrected chi connectivity index (χ1v) is 10.6. The lowest BCUT2D eigenvalue weighted by atomic mass is 10.0. The maximum atomic E-state index is 12.9. The van der Waals surface area contributed by atoms with E-state index in [0.717, 1.165) is 29.5 Å². The fourth-order valence-corrected chi connectivity index (χ4v) is 4.08. The summed E-state index contributed by atoms with van der Waals surface area (Å²) in [6, 6.07) is 7.19. The van der Waals surface area contributed by atoms with Gasteiger partial charge in [0.1, 0.15) is 16.7 Å². The highest BCUT2D eigenvalue weighted by Crippen LogP contribution is 2.42. The molecule has 0 aromatic carbocycles. The molecule has 158 valence electrons. The molecule has 0 radical (unpaired) electrons. The van der Waals surface area contributed by atoms with Gasteiger partial charge in [0.15, 0.2) is 0 Å². The first kappa shape index (κ1) is 18.9. The van der Waals surface area contributed by atoms with Crippen molar-refractivity contribution >= 4 is 33.5 Å². The van der Waals surface area contributed by atoms with Crippen LogP contribution < -0.4 is 10.3 Å². The van der Waals surface area contributed by atoms with Crippen LogP contribution in [0.4, 0.5) is 0 Å². The van der Waals surface area contributed by atoms with Gasteiger partial charge in [0, 0.05) is 41.5 Å². The second-order valence-corrected chi connectivity index (χ2v) is 8.21. The minimum absolute atomic E-state index is 0.262. The summed E-state index contributed by atoms with van der Waals surface area (Å²) in [6.07, 6.45) is 7.37. The van der Waals surface area contributed by atoms with Gasteiger partial charge in [0.2, 0.25) is 0 Å². The number of fused-ring (bicyclic) bond motifs is 2. The molecular formula is C23H17ClN6O2. The first-order chi connectivity index (χ1) is 15.6. The zero-order valence-corrected chi connectivity index (χ0v) is 17.8. The number of pyridine rings is 4. The van der Waals surface area contributed by atoms with Crippen molar-refractivity contribution in [3.63, 3.8) is 0 Å². The van der Waals surface area contributed by atoms with Gasteiger partial charge >= 0.3 is 0 Å². The van der Waals surface area contributed by atoms with E-state index in [1.807, 2.05) is 6.07 Å². The molecule has 5 heterocycles. The zero-order chi connectivity index (χ0) is 21.8. The normalized spacial score (nSPS) is 13.7. The number of imidazole rings is 1. The van der Waals surface area contributed by atoms with Gasteiger partial charge in [0.05, 0.1) is 46.7 Å². The molecule has 0 bridgehead atoms. The van der Waals surface area contributed by atoms with Gasteiger partial charge in [0.25, 0.3) is 5.56 Å². The van der Waals surface area contributed by atoms with Crippen molar-refractivity contribution < 1.29 is 4.74 Å². The highest BCUT2D eigenvalue weighted by Gasteiger charge is 2.26. The molecule has 5 aromatic rings. The van der Waals surface area contributed by atoms with Gasteiger partial charge in [-0.25, -0.2) is 9.97 Å². The lowest BCUT2D eigenvalue weighted by Gasteiger charge is -2.12. The highest BCUT2D eigenvalue weighted by atomic mass is 35.5. The predicted octanol–water partition coefficient (Wildman–Crippen LogP) is 4.46. The number of aromatic amines is 2. The second-order valence-electron chi connectivity index (χ2n) is 7.83. The fourth-order valence-electron chi connectivity index (χ4n) is 3.93. The molecule has 0 amide bonds. The molecule has 1 fully saturated rings. The number of aromatic nitrogens is 6. The van der Waals surface area contributed by atoms with Crippen LogP contribution >= 0.6 is 11.6 Å². The number of hydrogen-bond acceptors (Lipinski definition) is 6. The number of methoxy groups -OCH3 is 1. The second kappa shape index (κ2) is 7.13. The van der Waals surface area contributed by atoms with Crippen molar-refractivity contribution in [3.8, 4) is 28.4 Å². The van der Waals surface area contributed by atoms with Crippen LogP contribution in [0, 0.1) is 0 Å². The van der Waals surface area contributed by atoms with Crippen molar-refractivity contribution in [2.75, 3.05) is 7.11 Å². The first-order valence-electron chi connectivity index (χ1n) is 10.2. The van der Waals surface area contributed by atoms with Crippen LogP contribution in [0.1, 0.15) is 24.5 Å². The van der Waals surface area contributed by atoms with Crippen molar-refractivity contribution in [3.05, 3.63) is 64.1 Å². The van der Waals surface area contributed by atoms with Crippen LogP contribution in [0.3, 0.4) is 0 Å². The molecule has 0 atom stereocenters. The quantitative estimate of drug-likeness (QED) is 0.396. The lowest BCUT2D eigenvalue weighted by molar-refractivity contribution is 0.415. The number of hydrogen-bond donors (Lipinski definition) is 2. The Bertz CT molecular complexity index is 1570. The Kier molecular flexibility index (Phi) is 4.22. The van der Waals surface area contributed by atoms with E-state index in [1.54, 1.807) is 43.9 Å². The van der Waals surface area contributed by atoms with Crippen LogP contribution in [0.2, 0.25) is 5.15 Å². The van der Waals surface area contributed by atoms with Gasteiger partial charge in [-0.3, -0.25) is 14.8 Å². The van der Waals surface area contributed by atoms with E-state index in [1.165, 1.54) is 0 Å². The maximum absolute atomic E-state index is 12.9. The summed E-state index contributed by atoms with van der Waals surface area (Å²) in [5.74, 6) is 1.65. The number of halogens is 1. The summed E-state index contributed by atoms with van der Waals surface area (Å²) in [5, 5.41) is 1.10. The molecule has 5 aromatic heterocycles. The average molecular weight is 445 g/mol. The Balaban J connectivity index is 1.55. The van der Waals surface area contributed by atoms with Gasteiger partial charge in [-0.1, -0.05) is 11.6 Å². The van der Waals surface area contributed by atoms with E-state index in [0.29, 0.717) is 50.5 Å². The van der Waals surface area contributed by atoms with Crippen LogP contribution in [-0.4, -0.2) is 37.0 Å². The Labute approximate surface area is 186 Å². The summed E-state index contributed by atoms with van der Waals surface area (Å²) in [5.41, 5.74) is 4.59. The third-order valence-corrected chi connectivity index (χ3v) is 5.93. The zero-order valence-electron chi connectivity index (χ0n) is 17.0. The van der Waals surface area contributed by atoms with E-state index < -0.39 is 0 Å². The van der Waals surface area contributed by atoms with E-state index in [2.05, 4.69) is 29.9 Å². The predicted molar refractivity (Wildman–Crippen MR) is 122 cm³/mol. The van der Waals surface area contributed by atoms with E-state index in [-0.39, 0.29) is 5.56 Å². The Hall–Kier alpha value is -3.78. The maximum Gasteiger partial charge on any atom is 0.259 e. The van der Waals surface area contributed by atoms with Crippen molar-refractivity contribution in [2.45, 2.75) is 18.8 Å². The number of H-pyrrole nitrogens is 2. The minimum atomic E-state index is -0.262. The third-order valence-electron chi connectivity index (χ3n) is 5.72. The van der Waals surface area contributed by atoms with E-state index in [4.69, 9.17) is 16.3 Å². The molecule has 0 unspecified atom stereocenters. The summed E-state index contributed by atoms with van der Waals surface area (Å²) in [7, 11) is 1.64. The van der Waals surface area contributed by atoms with E-state index in [9.17, 15) is 4.79 Å². The molecule has 6 rings (SSSR count). The molecule has 9 heteroatoms. The lowest BCUT2D eigenvalue weighted by Crippen LogP contribution is -2.10.